The van der Waals surface area contributed by atoms with Crippen LogP contribution in [0, 0.1) is 0 Å². The van der Waals surface area contributed by atoms with Gasteiger partial charge in [-0.05, 0) is 12.1 Å². The van der Waals surface area contributed by atoms with E-state index < -0.39 is 79.2 Å². The largest absolute Gasteiger partial charge is 0.508 e. The molecular formula is C14H14O12S3. The van der Waals surface area contributed by atoms with E-state index in [1.807, 2.05) is 0 Å². The maximum Gasteiger partial charge on any atom is 0.298 e. The Morgan fingerprint density at radius 3 is 1.21 bits per heavy atom. The summed E-state index contributed by atoms with van der Waals surface area (Å²) in [5, 5.41) is 37.6. The van der Waals surface area contributed by atoms with Gasteiger partial charge in [0.2, 0.25) is 0 Å². The number of sulfone groups is 1. The first-order valence-electron chi connectivity index (χ1n) is 7.20. The van der Waals surface area contributed by atoms with E-state index in [9.17, 15) is 54.8 Å². The van der Waals surface area contributed by atoms with Crippen LogP contribution in [0.3, 0.4) is 0 Å². The second kappa shape index (κ2) is 7.03. The summed E-state index contributed by atoms with van der Waals surface area (Å²) in [7, 11) is -14.8. The van der Waals surface area contributed by atoms with Crippen LogP contribution in [-0.2, 0) is 30.1 Å². The number of benzene rings is 2. The Bertz CT molecular complexity index is 1220. The van der Waals surface area contributed by atoms with Crippen LogP contribution in [0.2, 0.25) is 0 Å². The Balaban J connectivity index is 3.03. The molecule has 2 rings (SSSR count). The molecule has 0 spiro atoms. The van der Waals surface area contributed by atoms with E-state index in [-0.39, 0.29) is 0 Å². The lowest BCUT2D eigenvalue weighted by atomic mass is 10.0. The molecule has 0 atom stereocenters. The number of phenolic OH excluding ortho intramolecular Hbond substituents is 4. The van der Waals surface area contributed by atoms with Crippen LogP contribution in [0.5, 0.6) is 23.0 Å². The minimum absolute atomic E-state index is 0.416. The molecular weight excluding hydrogens is 456 g/mol. The Hall–Kier alpha value is -2.59. The first-order valence-corrected chi connectivity index (χ1v) is 12.0. The number of aromatic hydroxyl groups is 4. The summed E-state index contributed by atoms with van der Waals surface area (Å²) in [6.45, 7) is 0. The average Bonchev–Trinajstić information content (AvgIpc) is 2.50. The van der Waals surface area contributed by atoms with E-state index in [1.165, 1.54) is 0 Å². The summed E-state index contributed by atoms with van der Waals surface area (Å²) >= 11 is 0. The molecule has 0 fully saturated rings. The molecule has 0 unspecified atom stereocenters. The maximum absolute atomic E-state index is 12.4. The fourth-order valence-electron chi connectivity index (χ4n) is 2.65. The zero-order valence-electron chi connectivity index (χ0n) is 14.2. The summed E-state index contributed by atoms with van der Waals surface area (Å²) in [4.78, 5) is -2.54. The van der Waals surface area contributed by atoms with Crippen LogP contribution in [0.15, 0.2) is 34.1 Å². The van der Waals surface area contributed by atoms with Crippen molar-refractivity contribution in [3.8, 4) is 23.0 Å². The minimum atomic E-state index is -5.14. The normalized spacial score (nSPS) is 13.0. The Kier molecular flexibility index (Phi) is 5.50. The summed E-state index contributed by atoms with van der Waals surface area (Å²) in [5.41, 5.74) is -1.75. The van der Waals surface area contributed by atoms with Crippen molar-refractivity contribution in [2.75, 3.05) is 6.26 Å². The van der Waals surface area contributed by atoms with Crippen LogP contribution in [0.4, 0.5) is 0 Å². The highest BCUT2D eigenvalue weighted by Crippen LogP contribution is 2.45. The third-order valence-corrected chi connectivity index (χ3v) is 6.83. The van der Waals surface area contributed by atoms with Crippen molar-refractivity contribution in [1.29, 1.82) is 0 Å². The molecule has 0 aliphatic rings. The zero-order chi connectivity index (χ0) is 22.5. The second-order valence-electron chi connectivity index (χ2n) is 5.92. The number of phenols is 4. The van der Waals surface area contributed by atoms with E-state index in [4.69, 9.17) is 0 Å². The Morgan fingerprint density at radius 2 is 0.966 bits per heavy atom. The van der Waals surface area contributed by atoms with Crippen molar-refractivity contribution in [3.63, 3.8) is 0 Å². The minimum Gasteiger partial charge on any atom is -0.508 e. The lowest BCUT2D eigenvalue weighted by Gasteiger charge is -2.21. The number of rotatable bonds is 5. The SMILES string of the molecule is CS(=O)(=O)C(c1cc(O)cc(S(=O)(=O)O)c1O)c1cc(O)cc(S(=O)(=O)O)c1O. The van der Waals surface area contributed by atoms with Crippen LogP contribution >= 0.6 is 0 Å². The van der Waals surface area contributed by atoms with Gasteiger partial charge in [-0.1, -0.05) is 0 Å². The first-order chi connectivity index (χ1) is 12.9. The van der Waals surface area contributed by atoms with E-state index in [0.717, 1.165) is 0 Å². The third-order valence-electron chi connectivity index (χ3n) is 3.73. The van der Waals surface area contributed by atoms with Gasteiger partial charge in [-0.2, -0.15) is 16.8 Å². The average molecular weight is 470 g/mol. The Labute approximate surface area is 164 Å². The molecule has 0 aromatic heterocycles. The van der Waals surface area contributed by atoms with Gasteiger partial charge in [0.25, 0.3) is 20.2 Å². The molecule has 0 saturated heterocycles. The molecule has 0 aliphatic carbocycles. The maximum atomic E-state index is 12.4. The van der Waals surface area contributed by atoms with E-state index in [2.05, 4.69) is 0 Å². The van der Waals surface area contributed by atoms with Crippen molar-refractivity contribution in [1.82, 2.24) is 0 Å². The van der Waals surface area contributed by atoms with Crippen molar-refractivity contribution < 1.29 is 54.8 Å². The van der Waals surface area contributed by atoms with Gasteiger partial charge in [-0.15, -0.1) is 0 Å². The van der Waals surface area contributed by atoms with E-state index >= 15 is 0 Å². The fourth-order valence-corrected chi connectivity index (χ4v) is 5.20. The van der Waals surface area contributed by atoms with Gasteiger partial charge in [0.15, 0.2) is 9.84 Å². The van der Waals surface area contributed by atoms with Crippen LogP contribution in [0.1, 0.15) is 16.4 Å². The molecule has 0 radical (unpaired) electrons. The quantitative estimate of drug-likeness (QED) is 0.253. The molecule has 0 heterocycles. The third kappa shape index (κ3) is 4.54. The predicted octanol–water partition coefficient (Wildman–Crippen LogP) is 0.136. The van der Waals surface area contributed by atoms with Gasteiger partial charge in [0.05, 0.1) is 0 Å². The molecule has 15 heteroatoms. The zero-order valence-corrected chi connectivity index (χ0v) is 16.7. The molecule has 6 N–H and O–H groups in total. The van der Waals surface area contributed by atoms with Crippen molar-refractivity contribution >= 4 is 30.1 Å². The van der Waals surface area contributed by atoms with E-state index in [1.54, 1.807) is 0 Å². The molecule has 0 saturated carbocycles. The monoisotopic (exact) mass is 470 g/mol. The van der Waals surface area contributed by atoms with Crippen LogP contribution < -0.4 is 0 Å². The van der Waals surface area contributed by atoms with Gasteiger partial charge < -0.3 is 20.4 Å². The Morgan fingerprint density at radius 1 is 0.655 bits per heavy atom. The summed E-state index contributed by atoms with van der Waals surface area (Å²) < 4.78 is 88.7. The molecule has 2 aromatic rings. The van der Waals surface area contributed by atoms with Gasteiger partial charge in [0.1, 0.15) is 38.0 Å². The van der Waals surface area contributed by atoms with E-state index in [0.29, 0.717) is 30.5 Å². The summed E-state index contributed by atoms with van der Waals surface area (Å²) in [6.07, 6.45) is 0.560. The highest BCUT2D eigenvalue weighted by Gasteiger charge is 2.35. The van der Waals surface area contributed by atoms with Crippen molar-refractivity contribution in [3.05, 3.63) is 35.4 Å². The lowest BCUT2D eigenvalue weighted by Crippen LogP contribution is -2.15. The standard InChI is InChI=1S/C14H14O12S3/c1-27(19,20)14(8-2-6(15)4-10(12(8)17)28(21,22)23)9-3-7(16)5-11(13(9)18)29(24,25)26/h2-5,14-18H,1H3,(H,21,22,23)(H,24,25,26). The van der Waals surface area contributed by atoms with Gasteiger partial charge in [-0.25, -0.2) is 8.42 Å². The lowest BCUT2D eigenvalue weighted by molar-refractivity contribution is 0.421. The molecule has 0 bridgehead atoms. The molecule has 0 aliphatic heterocycles. The van der Waals surface area contributed by atoms with Gasteiger partial charge >= 0.3 is 0 Å². The summed E-state index contributed by atoms with van der Waals surface area (Å²) in [5.74, 6) is -4.46. The smallest absolute Gasteiger partial charge is 0.298 e. The van der Waals surface area contributed by atoms with Crippen molar-refractivity contribution in [2.24, 2.45) is 0 Å². The van der Waals surface area contributed by atoms with Crippen LogP contribution in [0.25, 0.3) is 0 Å². The highest BCUT2D eigenvalue weighted by atomic mass is 32.2. The van der Waals surface area contributed by atoms with Gasteiger partial charge in [0, 0.05) is 29.5 Å². The van der Waals surface area contributed by atoms with Crippen molar-refractivity contribution in [2.45, 2.75) is 15.0 Å². The molecule has 12 nitrogen and oxygen atoms in total. The number of hydrogen-bond acceptors (Lipinski definition) is 10. The second-order valence-corrected chi connectivity index (χ2v) is 10.8. The predicted molar refractivity (Wildman–Crippen MR) is 95.9 cm³/mol. The topological polar surface area (TPSA) is 224 Å². The fraction of sp³-hybridized carbons (Fsp3) is 0.143. The molecule has 29 heavy (non-hydrogen) atoms. The first kappa shape index (κ1) is 22.7. The molecule has 0 amide bonds. The summed E-state index contributed by atoms with van der Waals surface area (Å²) in [6, 6.07) is 2.01. The molecule has 2 aromatic carbocycles. The van der Waals surface area contributed by atoms with Crippen LogP contribution in [-0.4, -0.2) is 61.0 Å². The highest BCUT2D eigenvalue weighted by molar-refractivity contribution is 7.91. The van der Waals surface area contributed by atoms with Gasteiger partial charge in [-0.3, -0.25) is 9.11 Å². The molecule has 160 valence electrons. The number of hydrogen-bond donors (Lipinski definition) is 6.